The second-order valence-corrected chi connectivity index (χ2v) is 5.59. The maximum absolute atomic E-state index is 5.55. The highest BCUT2D eigenvalue weighted by atomic mass is 15.3. The summed E-state index contributed by atoms with van der Waals surface area (Å²) in [5.74, 6) is 0.471. The fraction of sp³-hybridized carbons (Fsp3) is 0.375. The molecule has 126 valence electrons. The fourth-order valence-electron chi connectivity index (χ4n) is 2.71. The molecule has 1 fully saturated rings. The highest BCUT2D eigenvalue weighted by Gasteiger charge is 2.16. The molecule has 24 heavy (non-hydrogen) atoms. The molecule has 1 aliphatic rings. The van der Waals surface area contributed by atoms with Gasteiger partial charge in [-0.15, -0.1) is 0 Å². The van der Waals surface area contributed by atoms with E-state index in [1.54, 1.807) is 19.5 Å². The van der Waals surface area contributed by atoms with Gasteiger partial charge >= 0.3 is 0 Å². The summed E-state index contributed by atoms with van der Waals surface area (Å²) >= 11 is 0. The minimum absolute atomic E-state index is 0.451. The number of aliphatic imine (C=N–C) groups is 1. The van der Waals surface area contributed by atoms with Gasteiger partial charge in [-0.1, -0.05) is 0 Å². The van der Waals surface area contributed by atoms with Crippen LogP contribution in [-0.2, 0) is 0 Å². The zero-order valence-electron chi connectivity index (χ0n) is 13.7. The Morgan fingerprint density at radius 1 is 1.46 bits per heavy atom. The third-order valence-electron chi connectivity index (χ3n) is 3.94. The number of anilines is 1. The van der Waals surface area contributed by atoms with Gasteiger partial charge in [0.1, 0.15) is 0 Å². The van der Waals surface area contributed by atoms with Gasteiger partial charge in [0.05, 0.1) is 23.6 Å². The Kier molecular flexibility index (Phi) is 5.17. The monoisotopic (exact) mass is 326 g/mol. The van der Waals surface area contributed by atoms with Crippen molar-refractivity contribution in [3.63, 3.8) is 0 Å². The Morgan fingerprint density at radius 2 is 2.29 bits per heavy atom. The Hall–Kier alpha value is -2.74. The van der Waals surface area contributed by atoms with E-state index in [-0.39, 0.29) is 0 Å². The molecule has 0 radical (unpaired) electrons. The Labute approximate surface area is 140 Å². The molecule has 4 N–H and O–H groups in total. The smallest absolute Gasteiger partial charge is 0.227 e. The van der Waals surface area contributed by atoms with E-state index >= 15 is 0 Å². The van der Waals surface area contributed by atoms with Crippen LogP contribution in [0.3, 0.4) is 0 Å². The molecule has 1 saturated heterocycles. The average molecular weight is 326 g/mol. The van der Waals surface area contributed by atoms with Crippen LogP contribution in [0.4, 0.5) is 5.95 Å². The van der Waals surface area contributed by atoms with Crippen LogP contribution in [0.2, 0.25) is 0 Å². The number of nitrogens with two attached hydrogens (primary N) is 1. The molecule has 2 aromatic heterocycles. The number of hydrogen-bond acceptors (Lipinski definition) is 7. The maximum atomic E-state index is 5.55. The van der Waals surface area contributed by atoms with Gasteiger partial charge < -0.3 is 16.4 Å². The van der Waals surface area contributed by atoms with Crippen LogP contribution in [0.25, 0.3) is 11.3 Å². The predicted octanol–water partition coefficient (Wildman–Crippen LogP) is 1.18. The minimum atomic E-state index is 0.451. The molecule has 0 atom stereocenters. The largest absolute Gasteiger partial charge is 0.403 e. The van der Waals surface area contributed by atoms with Crippen molar-refractivity contribution in [3.05, 3.63) is 36.6 Å². The molecule has 1 aliphatic heterocycles. The third kappa shape index (κ3) is 3.77. The molecule has 8 heteroatoms. The van der Waals surface area contributed by atoms with Crippen LogP contribution >= 0.6 is 0 Å². The number of rotatable bonds is 5. The van der Waals surface area contributed by atoms with Crippen molar-refractivity contribution in [2.75, 3.05) is 25.5 Å². The summed E-state index contributed by atoms with van der Waals surface area (Å²) in [4.78, 5) is 12.7. The van der Waals surface area contributed by atoms with Crippen molar-refractivity contribution in [1.82, 2.24) is 25.1 Å². The first-order chi connectivity index (χ1) is 11.8. The fourth-order valence-corrected chi connectivity index (χ4v) is 2.71. The van der Waals surface area contributed by atoms with Crippen molar-refractivity contribution >= 4 is 12.2 Å². The summed E-state index contributed by atoms with van der Waals surface area (Å²) in [5, 5.41) is 10.9. The van der Waals surface area contributed by atoms with Gasteiger partial charge in [0.25, 0.3) is 0 Å². The summed E-state index contributed by atoms with van der Waals surface area (Å²) in [6.07, 6.45) is 10.8. The van der Waals surface area contributed by atoms with Crippen LogP contribution in [0.5, 0.6) is 0 Å². The number of allylic oxidation sites excluding steroid dienone is 1. The first kappa shape index (κ1) is 16.1. The van der Waals surface area contributed by atoms with E-state index in [1.807, 2.05) is 16.9 Å². The molecule has 0 spiro atoms. The summed E-state index contributed by atoms with van der Waals surface area (Å²) in [5.41, 5.74) is 7.98. The molecular weight excluding hydrogens is 304 g/mol. The van der Waals surface area contributed by atoms with Crippen LogP contribution < -0.4 is 16.4 Å². The third-order valence-corrected chi connectivity index (χ3v) is 3.94. The lowest BCUT2D eigenvalue weighted by Crippen LogP contribution is -2.29. The molecule has 0 unspecified atom stereocenters. The van der Waals surface area contributed by atoms with E-state index in [0.29, 0.717) is 17.7 Å². The topological polar surface area (TPSA) is 106 Å². The molecule has 0 amide bonds. The molecule has 3 heterocycles. The summed E-state index contributed by atoms with van der Waals surface area (Å²) < 4.78 is 2.04. The standard InChI is InChI=1S/C16H22N8/c1-18-10-13(8-17)22-16-20-7-4-15(23-16)12-9-21-24(11-12)14-2-5-19-6-3-14/h4,7-11,14,19H,2-3,5-6,17H2,1H3,(H,20,22,23). The lowest BCUT2D eigenvalue weighted by Gasteiger charge is -2.22. The molecule has 0 aromatic carbocycles. The maximum Gasteiger partial charge on any atom is 0.227 e. The van der Waals surface area contributed by atoms with E-state index < -0.39 is 0 Å². The van der Waals surface area contributed by atoms with Gasteiger partial charge in [-0.05, 0) is 32.0 Å². The van der Waals surface area contributed by atoms with Gasteiger partial charge in [-0.25, -0.2) is 9.97 Å². The SMILES string of the molecule is CN=CC(=CN)Nc1nccc(-c2cnn(C3CCNCC3)c2)n1. The Morgan fingerprint density at radius 3 is 3.04 bits per heavy atom. The van der Waals surface area contributed by atoms with Crippen LogP contribution in [0.15, 0.2) is 41.5 Å². The normalized spacial score (nSPS) is 16.6. The molecule has 2 aromatic rings. The summed E-state index contributed by atoms with van der Waals surface area (Å²) in [6.45, 7) is 2.07. The van der Waals surface area contributed by atoms with E-state index in [2.05, 4.69) is 36.9 Å². The number of piperidine rings is 1. The molecule has 8 nitrogen and oxygen atoms in total. The van der Waals surface area contributed by atoms with Crippen molar-refractivity contribution in [1.29, 1.82) is 0 Å². The summed E-state index contributed by atoms with van der Waals surface area (Å²) in [6, 6.07) is 2.32. The first-order valence-electron chi connectivity index (χ1n) is 7.99. The molecule has 0 saturated carbocycles. The molecule has 0 bridgehead atoms. The number of hydrogen-bond donors (Lipinski definition) is 3. The van der Waals surface area contributed by atoms with Gasteiger partial charge in [-0.3, -0.25) is 9.67 Å². The van der Waals surface area contributed by atoms with Crippen LogP contribution in [0.1, 0.15) is 18.9 Å². The Balaban J connectivity index is 1.77. The van der Waals surface area contributed by atoms with Crippen molar-refractivity contribution in [3.8, 4) is 11.3 Å². The first-order valence-corrected chi connectivity index (χ1v) is 7.99. The van der Waals surface area contributed by atoms with E-state index in [9.17, 15) is 0 Å². The van der Waals surface area contributed by atoms with Gasteiger partial charge in [0, 0.05) is 37.4 Å². The van der Waals surface area contributed by atoms with E-state index in [4.69, 9.17) is 5.73 Å². The van der Waals surface area contributed by atoms with Crippen LogP contribution in [-0.4, -0.2) is 46.1 Å². The van der Waals surface area contributed by atoms with Crippen molar-refractivity contribution in [2.24, 2.45) is 10.7 Å². The molecular formula is C16H22N8. The van der Waals surface area contributed by atoms with Gasteiger partial charge in [0.15, 0.2) is 0 Å². The quantitative estimate of drug-likeness (QED) is 0.712. The lowest BCUT2D eigenvalue weighted by molar-refractivity contribution is 0.343. The second kappa shape index (κ2) is 7.69. The van der Waals surface area contributed by atoms with E-state index in [1.165, 1.54) is 6.20 Å². The van der Waals surface area contributed by atoms with Crippen molar-refractivity contribution in [2.45, 2.75) is 18.9 Å². The highest BCUT2D eigenvalue weighted by Crippen LogP contribution is 2.22. The van der Waals surface area contributed by atoms with Gasteiger partial charge in [-0.2, -0.15) is 5.10 Å². The molecule has 3 rings (SSSR count). The zero-order chi connectivity index (χ0) is 16.8. The van der Waals surface area contributed by atoms with Crippen LogP contribution in [0, 0.1) is 0 Å². The molecule has 0 aliphatic carbocycles. The number of nitrogens with one attached hydrogen (secondary N) is 2. The lowest BCUT2D eigenvalue weighted by atomic mass is 10.1. The van der Waals surface area contributed by atoms with Crippen molar-refractivity contribution < 1.29 is 0 Å². The average Bonchev–Trinajstić information content (AvgIpc) is 3.12. The zero-order valence-corrected chi connectivity index (χ0v) is 13.7. The number of aromatic nitrogens is 4. The predicted molar refractivity (Wildman–Crippen MR) is 94.7 cm³/mol. The van der Waals surface area contributed by atoms with Gasteiger partial charge in [0.2, 0.25) is 5.95 Å². The number of nitrogens with zero attached hydrogens (tertiary/aromatic N) is 5. The Bertz CT molecular complexity index is 727. The summed E-state index contributed by atoms with van der Waals surface area (Å²) in [7, 11) is 1.68. The minimum Gasteiger partial charge on any atom is -0.403 e. The van der Waals surface area contributed by atoms with E-state index in [0.717, 1.165) is 37.2 Å². The second-order valence-electron chi connectivity index (χ2n) is 5.59. The highest BCUT2D eigenvalue weighted by molar-refractivity contribution is 5.82.